The van der Waals surface area contributed by atoms with Crippen LogP contribution >= 0.6 is 15.9 Å². The Morgan fingerprint density at radius 3 is 2.39 bits per heavy atom. The van der Waals surface area contributed by atoms with E-state index in [9.17, 15) is 4.79 Å². The maximum Gasteiger partial charge on any atom is 0.268 e. The van der Waals surface area contributed by atoms with Crippen molar-refractivity contribution in [1.82, 2.24) is 9.55 Å². The standard InChI is InChI=1S/C14H15BrN2O/c1-9-4-10(2)6-12(5-9)7-17-8-16-11(3)13(15)14(17)18/h4-6,8H,7H2,1-3H3. The lowest BCUT2D eigenvalue weighted by Crippen LogP contribution is -2.22. The van der Waals surface area contributed by atoms with Crippen molar-refractivity contribution in [3.63, 3.8) is 0 Å². The Balaban J connectivity index is 2.40. The molecule has 0 aliphatic heterocycles. The summed E-state index contributed by atoms with van der Waals surface area (Å²) < 4.78 is 2.15. The molecule has 0 saturated heterocycles. The van der Waals surface area contributed by atoms with Gasteiger partial charge in [-0.1, -0.05) is 29.3 Å². The van der Waals surface area contributed by atoms with E-state index >= 15 is 0 Å². The molecule has 4 heteroatoms. The summed E-state index contributed by atoms with van der Waals surface area (Å²) in [5, 5.41) is 0. The summed E-state index contributed by atoms with van der Waals surface area (Å²) in [5.41, 5.74) is 4.21. The van der Waals surface area contributed by atoms with Crippen molar-refractivity contribution in [2.24, 2.45) is 0 Å². The van der Waals surface area contributed by atoms with Crippen molar-refractivity contribution in [1.29, 1.82) is 0 Å². The van der Waals surface area contributed by atoms with Crippen LogP contribution in [-0.4, -0.2) is 9.55 Å². The molecule has 0 fully saturated rings. The second-order valence-electron chi connectivity index (χ2n) is 4.57. The van der Waals surface area contributed by atoms with Crippen LogP contribution in [-0.2, 0) is 6.54 Å². The van der Waals surface area contributed by atoms with Crippen molar-refractivity contribution in [3.8, 4) is 0 Å². The predicted octanol–water partition coefficient (Wildman–Crippen LogP) is 2.98. The van der Waals surface area contributed by atoms with Gasteiger partial charge in [0.1, 0.15) is 4.47 Å². The molecule has 1 aromatic heterocycles. The molecule has 2 rings (SSSR count). The minimum atomic E-state index is -0.0401. The third kappa shape index (κ3) is 2.70. The average Bonchev–Trinajstić information content (AvgIpc) is 2.29. The van der Waals surface area contributed by atoms with Gasteiger partial charge in [0, 0.05) is 0 Å². The van der Waals surface area contributed by atoms with Crippen LogP contribution in [0.4, 0.5) is 0 Å². The number of aryl methyl sites for hydroxylation is 3. The smallest absolute Gasteiger partial charge is 0.268 e. The van der Waals surface area contributed by atoms with Crippen LogP contribution in [0.15, 0.2) is 33.8 Å². The van der Waals surface area contributed by atoms with Crippen LogP contribution in [0.2, 0.25) is 0 Å². The molecule has 0 aliphatic rings. The van der Waals surface area contributed by atoms with Crippen molar-refractivity contribution in [2.75, 3.05) is 0 Å². The zero-order valence-corrected chi connectivity index (χ0v) is 12.3. The Bertz CT molecular complexity index is 626. The third-order valence-corrected chi connectivity index (χ3v) is 3.70. The Hall–Kier alpha value is -1.42. The second-order valence-corrected chi connectivity index (χ2v) is 5.37. The average molecular weight is 307 g/mol. The molecule has 0 atom stereocenters. The van der Waals surface area contributed by atoms with Crippen LogP contribution in [0.1, 0.15) is 22.4 Å². The van der Waals surface area contributed by atoms with Gasteiger partial charge in [0.25, 0.3) is 5.56 Å². The van der Waals surface area contributed by atoms with Crippen molar-refractivity contribution < 1.29 is 0 Å². The van der Waals surface area contributed by atoms with E-state index < -0.39 is 0 Å². The van der Waals surface area contributed by atoms with Crippen LogP contribution < -0.4 is 5.56 Å². The highest BCUT2D eigenvalue weighted by atomic mass is 79.9. The van der Waals surface area contributed by atoms with E-state index in [-0.39, 0.29) is 5.56 Å². The van der Waals surface area contributed by atoms with Crippen molar-refractivity contribution in [2.45, 2.75) is 27.3 Å². The van der Waals surface area contributed by atoms with Gasteiger partial charge in [-0.25, -0.2) is 4.98 Å². The maximum atomic E-state index is 12.0. The van der Waals surface area contributed by atoms with Gasteiger partial charge in [-0.05, 0) is 42.3 Å². The first kappa shape index (κ1) is 13.0. The number of halogens is 1. The highest BCUT2D eigenvalue weighted by molar-refractivity contribution is 9.10. The molecule has 0 amide bonds. The van der Waals surface area contributed by atoms with Gasteiger partial charge in [-0.3, -0.25) is 9.36 Å². The molecule has 1 aromatic carbocycles. The summed E-state index contributed by atoms with van der Waals surface area (Å²) in [6.07, 6.45) is 1.60. The predicted molar refractivity (Wildman–Crippen MR) is 76.0 cm³/mol. The third-order valence-electron chi connectivity index (χ3n) is 2.79. The van der Waals surface area contributed by atoms with Crippen LogP contribution in [0, 0.1) is 20.8 Å². The van der Waals surface area contributed by atoms with Crippen LogP contribution in [0.5, 0.6) is 0 Å². The fourth-order valence-electron chi connectivity index (χ4n) is 2.02. The number of benzene rings is 1. The van der Waals surface area contributed by atoms with E-state index in [0.29, 0.717) is 11.0 Å². The van der Waals surface area contributed by atoms with E-state index in [1.165, 1.54) is 11.1 Å². The van der Waals surface area contributed by atoms with Crippen LogP contribution in [0.25, 0.3) is 0 Å². The summed E-state index contributed by atoms with van der Waals surface area (Å²) in [4.78, 5) is 16.2. The van der Waals surface area contributed by atoms with Crippen molar-refractivity contribution in [3.05, 3.63) is 61.7 Å². The number of nitrogens with zero attached hydrogens (tertiary/aromatic N) is 2. The van der Waals surface area contributed by atoms with E-state index in [4.69, 9.17) is 0 Å². The molecule has 0 saturated carbocycles. The van der Waals surface area contributed by atoms with E-state index in [2.05, 4.69) is 53.0 Å². The molecule has 2 aromatic rings. The summed E-state index contributed by atoms with van der Waals surface area (Å²) in [6, 6.07) is 6.30. The number of hydrogen-bond acceptors (Lipinski definition) is 2. The Labute approximate surface area is 115 Å². The van der Waals surface area contributed by atoms with Gasteiger partial charge in [0.05, 0.1) is 18.6 Å². The summed E-state index contributed by atoms with van der Waals surface area (Å²) in [6.45, 7) is 6.48. The molecule has 3 nitrogen and oxygen atoms in total. The molecule has 18 heavy (non-hydrogen) atoms. The van der Waals surface area contributed by atoms with Crippen molar-refractivity contribution >= 4 is 15.9 Å². The molecule has 0 aliphatic carbocycles. The van der Waals surface area contributed by atoms with Crippen LogP contribution in [0.3, 0.4) is 0 Å². The fourth-order valence-corrected chi connectivity index (χ4v) is 2.35. The molecule has 0 unspecified atom stereocenters. The molecular formula is C14H15BrN2O. The van der Waals surface area contributed by atoms with Gasteiger partial charge in [0.15, 0.2) is 0 Å². The molecular weight excluding hydrogens is 292 g/mol. The minimum absolute atomic E-state index is 0.0401. The van der Waals surface area contributed by atoms with Gasteiger partial charge >= 0.3 is 0 Å². The zero-order chi connectivity index (χ0) is 13.3. The Morgan fingerprint density at radius 1 is 1.17 bits per heavy atom. The lowest BCUT2D eigenvalue weighted by molar-refractivity contribution is 0.723. The fraction of sp³-hybridized carbons (Fsp3) is 0.286. The molecule has 0 N–H and O–H groups in total. The summed E-state index contributed by atoms with van der Waals surface area (Å²) >= 11 is 3.28. The lowest BCUT2D eigenvalue weighted by atomic mass is 10.1. The SMILES string of the molecule is Cc1cc(C)cc(Cn2cnc(C)c(Br)c2=O)c1. The summed E-state index contributed by atoms with van der Waals surface area (Å²) in [5.74, 6) is 0. The molecule has 94 valence electrons. The first-order valence-corrected chi connectivity index (χ1v) is 6.55. The topological polar surface area (TPSA) is 34.9 Å². The number of hydrogen-bond donors (Lipinski definition) is 0. The zero-order valence-electron chi connectivity index (χ0n) is 10.7. The second kappa shape index (κ2) is 5.06. The quantitative estimate of drug-likeness (QED) is 0.855. The van der Waals surface area contributed by atoms with E-state index in [1.807, 2.05) is 6.92 Å². The van der Waals surface area contributed by atoms with E-state index in [0.717, 1.165) is 11.3 Å². The molecule has 1 heterocycles. The highest BCUT2D eigenvalue weighted by Crippen LogP contribution is 2.11. The monoisotopic (exact) mass is 306 g/mol. The first-order chi connectivity index (χ1) is 8.47. The maximum absolute atomic E-state index is 12.0. The summed E-state index contributed by atoms with van der Waals surface area (Å²) in [7, 11) is 0. The lowest BCUT2D eigenvalue weighted by Gasteiger charge is -2.08. The Kier molecular flexibility index (Phi) is 3.66. The van der Waals surface area contributed by atoms with Gasteiger partial charge in [-0.2, -0.15) is 0 Å². The van der Waals surface area contributed by atoms with Gasteiger partial charge < -0.3 is 0 Å². The normalized spacial score (nSPS) is 10.7. The first-order valence-electron chi connectivity index (χ1n) is 5.76. The van der Waals surface area contributed by atoms with Gasteiger partial charge in [-0.15, -0.1) is 0 Å². The molecule has 0 bridgehead atoms. The number of rotatable bonds is 2. The van der Waals surface area contributed by atoms with E-state index in [1.54, 1.807) is 10.9 Å². The van der Waals surface area contributed by atoms with Gasteiger partial charge in [0.2, 0.25) is 0 Å². The minimum Gasteiger partial charge on any atom is -0.294 e. The molecule has 0 radical (unpaired) electrons. The highest BCUT2D eigenvalue weighted by Gasteiger charge is 2.06. The number of aromatic nitrogens is 2. The molecule has 0 spiro atoms. The Morgan fingerprint density at radius 2 is 1.78 bits per heavy atom. The largest absolute Gasteiger partial charge is 0.294 e.